The normalized spacial score (nSPS) is 11.9. The lowest BCUT2D eigenvalue weighted by Crippen LogP contribution is -2.08. The molecule has 4 heteroatoms. The molecule has 0 radical (unpaired) electrons. The number of benzene rings is 2. The third-order valence-corrected chi connectivity index (χ3v) is 3.40. The summed E-state index contributed by atoms with van der Waals surface area (Å²) in [6.07, 6.45) is -4.43. The maximum Gasteiger partial charge on any atom is 0.417 e. The van der Waals surface area contributed by atoms with E-state index >= 15 is 0 Å². The molecule has 0 aliphatic heterocycles. The monoisotopic (exact) mass is 298 g/mol. The van der Waals surface area contributed by atoms with Gasteiger partial charge in [0.15, 0.2) is 0 Å². The average Bonchev–Trinajstić information content (AvgIpc) is 2.37. The maximum absolute atomic E-state index is 13.2. The van der Waals surface area contributed by atoms with E-state index in [0.717, 1.165) is 11.6 Å². The molecule has 0 amide bonds. The number of hydrogen-bond donors (Lipinski definition) is 0. The van der Waals surface area contributed by atoms with Crippen LogP contribution in [0.3, 0.4) is 0 Å². The Balaban J connectivity index is 2.71. The van der Waals surface area contributed by atoms with Gasteiger partial charge in [0, 0.05) is 5.02 Å². The van der Waals surface area contributed by atoms with Crippen LogP contribution in [0.1, 0.15) is 30.9 Å². The first kappa shape index (κ1) is 14.9. The van der Waals surface area contributed by atoms with Gasteiger partial charge in [-0.25, -0.2) is 0 Å². The number of alkyl halides is 3. The number of halogens is 4. The van der Waals surface area contributed by atoms with Crippen molar-refractivity contribution in [2.75, 3.05) is 0 Å². The Morgan fingerprint density at radius 2 is 1.60 bits per heavy atom. The predicted molar refractivity (Wildman–Crippen MR) is 76.0 cm³/mol. The van der Waals surface area contributed by atoms with Crippen LogP contribution in [0.5, 0.6) is 0 Å². The highest BCUT2D eigenvalue weighted by Crippen LogP contribution is 2.40. The summed E-state index contributed by atoms with van der Waals surface area (Å²) in [5.74, 6) is 0.142. The fourth-order valence-corrected chi connectivity index (χ4v) is 2.40. The van der Waals surface area contributed by atoms with Gasteiger partial charge in [-0.05, 0) is 34.7 Å². The Morgan fingerprint density at radius 3 is 2.20 bits per heavy atom. The summed E-state index contributed by atoms with van der Waals surface area (Å²) >= 11 is 5.71. The second-order valence-corrected chi connectivity index (χ2v) is 5.37. The Hall–Kier alpha value is -1.48. The van der Waals surface area contributed by atoms with E-state index in [0.29, 0.717) is 5.56 Å². The van der Waals surface area contributed by atoms with Crippen molar-refractivity contribution in [1.29, 1.82) is 0 Å². The van der Waals surface area contributed by atoms with Crippen LogP contribution < -0.4 is 0 Å². The van der Waals surface area contributed by atoms with Gasteiger partial charge in [0.25, 0.3) is 0 Å². The van der Waals surface area contributed by atoms with Gasteiger partial charge in [-0.15, -0.1) is 0 Å². The molecule has 0 aliphatic rings. The first-order chi connectivity index (χ1) is 9.30. The third-order valence-electron chi connectivity index (χ3n) is 3.16. The van der Waals surface area contributed by atoms with Gasteiger partial charge in [0.05, 0.1) is 5.56 Å². The van der Waals surface area contributed by atoms with Crippen LogP contribution in [0.4, 0.5) is 13.2 Å². The molecule has 0 saturated carbocycles. The van der Waals surface area contributed by atoms with E-state index in [1.807, 2.05) is 26.0 Å². The Kier molecular flexibility index (Phi) is 4.09. The Morgan fingerprint density at radius 1 is 0.950 bits per heavy atom. The Bertz CT molecular complexity index is 615. The van der Waals surface area contributed by atoms with Crippen LogP contribution in [0, 0.1) is 0 Å². The highest BCUT2D eigenvalue weighted by Gasteiger charge is 2.34. The lowest BCUT2D eigenvalue weighted by Gasteiger charge is -2.18. The molecule has 106 valence electrons. The van der Waals surface area contributed by atoms with Crippen molar-refractivity contribution in [3.05, 3.63) is 58.6 Å². The van der Waals surface area contributed by atoms with Gasteiger partial charge >= 0.3 is 6.18 Å². The zero-order valence-electron chi connectivity index (χ0n) is 11.1. The van der Waals surface area contributed by atoms with E-state index in [2.05, 4.69) is 0 Å². The quantitative estimate of drug-likeness (QED) is 0.624. The van der Waals surface area contributed by atoms with Gasteiger partial charge < -0.3 is 0 Å². The van der Waals surface area contributed by atoms with Crippen molar-refractivity contribution in [1.82, 2.24) is 0 Å². The fourth-order valence-electron chi connectivity index (χ4n) is 2.23. The molecular formula is C16H14ClF3. The lowest BCUT2D eigenvalue weighted by molar-refractivity contribution is -0.137. The molecule has 0 aromatic heterocycles. The summed E-state index contributed by atoms with van der Waals surface area (Å²) < 4.78 is 39.6. The summed E-state index contributed by atoms with van der Waals surface area (Å²) in [4.78, 5) is 0. The first-order valence-electron chi connectivity index (χ1n) is 6.26. The van der Waals surface area contributed by atoms with Gasteiger partial charge in [-0.3, -0.25) is 0 Å². The van der Waals surface area contributed by atoms with E-state index in [4.69, 9.17) is 11.6 Å². The molecule has 0 bridgehead atoms. The van der Waals surface area contributed by atoms with Gasteiger partial charge in [0.1, 0.15) is 0 Å². The molecule has 0 aliphatic carbocycles. The SMILES string of the molecule is CC(C)c1ccccc1-c1ccc(Cl)cc1C(F)(F)F. The van der Waals surface area contributed by atoms with Crippen LogP contribution in [-0.4, -0.2) is 0 Å². The van der Waals surface area contributed by atoms with E-state index in [1.54, 1.807) is 12.1 Å². The van der Waals surface area contributed by atoms with Crippen molar-refractivity contribution < 1.29 is 13.2 Å². The largest absolute Gasteiger partial charge is 0.417 e. The number of rotatable bonds is 2. The zero-order chi connectivity index (χ0) is 14.9. The number of hydrogen-bond acceptors (Lipinski definition) is 0. The molecule has 0 spiro atoms. The zero-order valence-corrected chi connectivity index (χ0v) is 11.9. The van der Waals surface area contributed by atoms with Crippen LogP contribution in [0.15, 0.2) is 42.5 Å². The molecule has 0 atom stereocenters. The molecule has 0 saturated heterocycles. The predicted octanol–water partition coefficient (Wildman–Crippen LogP) is 6.15. The minimum absolute atomic E-state index is 0.0862. The van der Waals surface area contributed by atoms with Gasteiger partial charge in [-0.2, -0.15) is 13.2 Å². The van der Waals surface area contributed by atoms with Crippen LogP contribution >= 0.6 is 11.6 Å². The molecule has 0 heterocycles. The van der Waals surface area contributed by atoms with E-state index in [-0.39, 0.29) is 16.5 Å². The second-order valence-electron chi connectivity index (χ2n) is 4.93. The van der Waals surface area contributed by atoms with Gasteiger partial charge in [-0.1, -0.05) is 55.8 Å². The van der Waals surface area contributed by atoms with Crippen molar-refractivity contribution in [2.24, 2.45) is 0 Å². The van der Waals surface area contributed by atoms with Crippen molar-refractivity contribution in [3.8, 4) is 11.1 Å². The van der Waals surface area contributed by atoms with E-state index < -0.39 is 11.7 Å². The summed E-state index contributed by atoms with van der Waals surface area (Å²) in [5, 5.41) is 0.0862. The summed E-state index contributed by atoms with van der Waals surface area (Å²) in [5.41, 5.74) is 0.969. The molecule has 0 unspecified atom stereocenters. The van der Waals surface area contributed by atoms with Crippen LogP contribution in [-0.2, 0) is 6.18 Å². The molecular weight excluding hydrogens is 285 g/mol. The third kappa shape index (κ3) is 2.98. The molecule has 0 N–H and O–H groups in total. The van der Waals surface area contributed by atoms with Crippen LogP contribution in [0.25, 0.3) is 11.1 Å². The first-order valence-corrected chi connectivity index (χ1v) is 6.64. The van der Waals surface area contributed by atoms with Gasteiger partial charge in [0.2, 0.25) is 0 Å². The highest BCUT2D eigenvalue weighted by molar-refractivity contribution is 6.30. The molecule has 20 heavy (non-hydrogen) atoms. The average molecular weight is 299 g/mol. The lowest BCUT2D eigenvalue weighted by atomic mass is 9.90. The fraction of sp³-hybridized carbons (Fsp3) is 0.250. The van der Waals surface area contributed by atoms with E-state index in [9.17, 15) is 13.2 Å². The van der Waals surface area contributed by atoms with Crippen molar-refractivity contribution in [3.63, 3.8) is 0 Å². The minimum Gasteiger partial charge on any atom is -0.166 e. The molecule has 2 aromatic rings. The van der Waals surface area contributed by atoms with Crippen LogP contribution in [0.2, 0.25) is 5.02 Å². The Labute approximate surface area is 121 Å². The summed E-state index contributed by atoms with van der Waals surface area (Å²) in [7, 11) is 0. The summed E-state index contributed by atoms with van der Waals surface area (Å²) in [6.45, 7) is 3.92. The molecule has 0 nitrogen and oxygen atoms in total. The van der Waals surface area contributed by atoms with E-state index in [1.165, 1.54) is 12.1 Å². The highest BCUT2D eigenvalue weighted by atomic mass is 35.5. The summed E-state index contributed by atoms with van der Waals surface area (Å²) in [6, 6.07) is 11.1. The molecule has 2 aromatic carbocycles. The second kappa shape index (κ2) is 5.49. The minimum atomic E-state index is -4.43. The maximum atomic E-state index is 13.2. The molecule has 2 rings (SSSR count). The van der Waals surface area contributed by atoms with Crippen molar-refractivity contribution in [2.45, 2.75) is 25.9 Å². The van der Waals surface area contributed by atoms with Crippen molar-refractivity contribution >= 4 is 11.6 Å². The topological polar surface area (TPSA) is 0 Å². The molecule has 0 fully saturated rings. The smallest absolute Gasteiger partial charge is 0.166 e. The standard InChI is InChI=1S/C16H14ClF3/c1-10(2)12-5-3-4-6-13(12)14-8-7-11(17)9-15(14)16(18,19)20/h3-10H,1-2H3.